The Morgan fingerprint density at radius 1 is 1.03 bits per heavy atom. The molecule has 2 aromatic carbocycles. The van der Waals surface area contributed by atoms with Crippen molar-refractivity contribution in [1.82, 2.24) is 14.8 Å². The lowest BCUT2D eigenvalue weighted by Crippen LogP contribution is -2.56. The van der Waals surface area contributed by atoms with Crippen LogP contribution in [-0.2, 0) is 20.7 Å². The number of nitrogens with zero attached hydrogens (tertiary/aromatic N) is 2. The van der Waals surface area contributed by atoms with Crippen LogP contribution in [0.2, 0.25) is 0 Å². The van der Waals surface area contributed by atoms with Crippen molar-refractivity contribution < 1.29 is 23.8 Å². The van der Waals surface area contributed by atoms with Crippen molar-refractivity contribution in [3.8, 4) is 11.5 Å². The Bertz CT molecular complexity index is 1250. The largest absolute Gasteiger partial charge is 0.454 e. The normalized spacial score (nSPS) is 21.8. The highest BCUT2D eigenvalue weighted by atomic mass is 16.7. The average Bonchev–Trinajstić information content (AvgIpc) is 3.46. The third-order valence-corrected chi connectivity index (χ3v) is 6.82. The summed E-state index contributed by atoms with van der Waals surface area (Å²) in [5, 5.41) is 1.08. The van der Waals surface area contributed by atoms with Crippen LogP contribution in [0.5, 0.6) is 11.5 Å². The average molecular weight is 447 g/mol. The first-order chi connectivity index (χ1) is 16.1. The lowest BCUT2D eigenvalue weighted by molar-refractivity contribution is -0.149. The van der Waals surface area contributed by atoms with Crippen LogP contribution < -0.4 is 9.47 Å². The topological polar surface area (TPSA) is 84.1 Å². The first-order valence-corrected chi connectivity index (χ1v) is 11.3. The smallest absolute Gasteiger partial charge is 0.245 e. The molecule has 2 atom stereocenters. The van der Waals surface area contributed by atoms with Gasteiger partial charge in [0.25, 0.3) is 0 Å². The van der Waals surface area contributed by atoms with Crippen molar-refractivity contribution in [1.29, 1.82) is 0 Å². The van der Waals surface area contributed by atoms with Crippen molar-refractivity contribution in [3.05, 3.63) is 59.3 Å². The molecule has 1 saturated heterocycles. The molecule has 33 heavy (non-hydrogen) atoms. The first-order valence-electron chi connectivity index (χ1n) is 11.3. The predicted molar refractivity (Wildman–Crippen MR) is 120 cm³/mol. The fourth-order valence-electron chi connectivity index (χ4n) is 5.30. The highest BCUT2D eigenvalue weighted by Crippen LogP contribution is 2.44. The van der Waals surface area contributed by atoms with Gasteiger partial charge in [-0.25, -0.2) is 0 Å². The van der Waals surface area contributed by atoms with E-state index in [1.54, 1.807) is 4.90 Å². The highest BCUT2D eigenvalue weighted by Gasteiger charge is 2.44. The fourth-order valence-corrected chi connectivity index (χ4v) is 5.30. The van der Waals surface area contributed by atoms with Gasteiger partial charge in [0, 0.05) is 43.0 Å². The molecule has 0 unspecified atom stereocenters. The fraction of sp³-hybridized carbons (Fsp3) is 0.360. The van der Waals surface area contributed by atoms with E-state index >= 15 is 0 Å². The number of hydrogen-bond acceptors (Lipinski definition) is 5. The van der Waals surface area contributed by atoms with Gasteiger partial charge in [0.2, 0.25) is 18.6 Å². The number of para-hydroxylation sites is 1. The summed E-state index contributed by atoms with van der Waals surface area (Å²) in [6, 6.07) is 12.8. The molecule has 4 heterocycles. The number of benzene rings is 2. The Kier molecular flexibility index (Phi) is 4.76. The van der Waals surface area contributed by atoms with Gasteiger partial charge in [0.1, 0.15) is 6.04 Å². The molecule has 0 bridgehead atoms. The zero-order valence-electron chi connectivity index (χ0n) is 18.4. The van der Waals surface area contributed by atoms with Crippen molar-refractivity contribution in [2.75, 3.05) is 33.1 Å². The van der Waals surface area contributed by atoms with Gasteiger partial charge in [-0.15, -0.1) is 0 Å². The minimum atomic E-state index is -0.595. The molecule has 0 radical (unpaired) electrons. The van der Waals surface area contributed by atoms with Gasteiger partial charge in [-0.2, -0.15) is 0 Å². The van der Waals surface area contributed by atoms with Gasteiger partial charge in [0.15, 0.2) is 11.5 Å². The summed E-state index contributed by atoms with van der Waals surface area (Å²) in [7, 11) is 0. The Morgan fingerprint density at radius 3 is 2.64 bits per heavy atom. The number of aromatic amines is 1. The number of H-pyrrole nitrogens is 1. The number of carbonyl (C=O) groups is 2. The number of hydrogen-bond donors (Lipinski definition) is 1. The van der Waals surface area contributed by atoms with Crippen LogP contribution in [0.15, 0.2) is 42.5 Å². The second-order valence-corrected chi connectivity index (χ2v) is 8.66. The molecular formula is C25H25N3O5. The number of ether oxygens (including phenoxy) is 3. The highest BCUT2D eigenvalue weighted by molar-refractivity contribution is 5.92. The van der Waals surface area contributed by atoms with Crippen molar-refractivity contribution in [2.24, 2.45) is 0 Å². The summed E-state index contributed by atoms with van der Waals surface area (Å²) >= 11 is 0. The number of amides is 2. The summed E-state index contributed by atoms with van der Waals surface area (Å²) in [4.78, 5) is 33.9. The molecule has 1 N–H and O–H groups in total. The van der Waals surface area contributed by atoms with Crippen molar-refractivity contribution in [3.63, 3.8) is 0 Å². The van der Waals surface area contributed by atoms with E-state index in [1.165, 1.54) is 6.92 Å². The SMILES string of the molecule is CC(=O)N1[C@H](c2ccc3c(c2)OCO3)c2[nH]c3ccccc3c2C[C@@H]1C(=O)N1CCOCC1. The number of fused-ring (bicyclic) bond motifs is 4. The molecule has 1 aromatic heterocycles. The van der Waals surface area contributed by atoms with E-state index in [9.17, 15) is 9.59 Å². The van der Waals surface area contributed by atoms with Gasteiger partial charge in [-0.1, -0.05) is 24.3 Å². The molecule has 8 heteroatoms. The quantitative estimate of drug-likeness (QED) is 0.653. The van der Waals surface area contributed by atoms with E-state index in [4.69, 9.17) is 14.2 Å². The maximum atomic E-state index is 13.7. The van der Waals surface area contributed by atoms with Crippen molar-refractivity contribution in [2.45, 2.75) is 25.4 Å². The maximum absolute atomic E-state index is 13.7. The van der Waals surface area contributed by atoms with E-state index in [1.807, 2.05) is 41.3 Å². The van der Waals surface area contributed by atoms with Crippen LogP contribution in [0, 0.1) is 0 Å². The van der Waals surface area contributed by atoms with E-state index in [0.717, 1.165) is 27.7 Å². The molecule has 3 aliphatic heterocycles. The maximum Gasteiger partial charge on any atom is 0.245 e. The predicted octanol–water partition coefficient (Wildman–Crippen LogP) is 2.62. The zero-order valence-corrected chi connectivity index (χ0v) is 18.4. The Hall–Kier alpha value is -3.52. The Morgan fingerprint density at radius 2 is 1.82 bits per heavy atom. The van der Waals surface area contributed by atoms with E-state index in [2.05, 4.69) is 11.1 Å². The number of aromatic nitrogens is 1. The van der Waals surface area contributed by atoms with Crippen LogP contribution >= 0.6 is 0 Å². The molecule has 2 amide bonds. The van der Waals surface area contributed by atoms with E-state index in [-0.39, 0.29) is 18.6 Å². The van der Waals surface area contributed by atoms with Gasteiger partial charge >= 0.3 is 0 Å². The third-order valence-electron chi connectivity index (χ3n) is 6.82. The van der Waals surface area contributed by atoms with E-state index < -0.39 is 12.1 Å². The first kappa shape index (κ1) is 20.1. The molecule has 6 rings (SSSR count). The third kappa shape index (κ3) is 3.24. The molecule has 0 spiro atoms. The van der Waals surface area contributed by atoms with Gasteiger partial charge < -0.3 is 29.0 Å². The van der Waals surface area contributed by atoms with Crippen LogP contribution in [0.25, 0.3) is 10.9 Å². The molecule has 1 fully saturated rings. The standard InChI is InChI=1S/C25H25N3O5/c1-15(29)28-20(25(30)27-8-10-31-11-9-27)13-18-17-4-2-3-5-19(17)26-23(18)24(28)16-6-7-21-22(12-16)33-14-32-21/h2-7,12,20,24,26H,8-11,13-14H2,1H3/t20-,24-/m1/s1. The number of rotatable bonds is 2. The minimum absolute atomic E-state index is 0.0322. The number of morpholine rings is 1. The Labute approximate surface area is 191 Å². The molecule has 8 nitrogen and oxygen atoms in total. The molecule has 3 aliphatic rings. The van der Waals surface area contributed by atoms with E-state index in [0.29, 0.717) is 44.2 Å². The van der Waals surface area contributed by atoms with Crippen LogP contribution in [-0.4, -0.2) is 65.7 Å². The second-order valence-electron chi connectivity index (χ2n) is 8.66. The summed E-state index contributed by atoms with van der Waals surface area (Å²) in [6.07, 6.45) is 0.468. The van der Waals surface area contributed by atoms with Crippen LogP contribution in [0.3, 0.4) is 0 Å². The van der Waals surface area contributed by atoms with Gasteiger partial charge in [-0.3, -0.25) is 9.59 Å². The molecule has 3 aromatic rings. The molecule has 0 aliphatic carbocycles. The number of carbonyl (C=O) groups excluding carboxylic acids is 2. The lowest BCUT2D eigenvalue weighted by atomic mass is 9.87. The molecule has 170 valence electrons. The lowest BCUT2D eigenvalue weighted by Gasteiger charge is -2.43. The van der Waals surface area contributed by atoms with Gasteiger partial charge in [-0.05, 0) is 29.3 Å². The number of nitrogens with one attached hydrogen (secondary N) is 1. The second kappa shape index (κ2) is 7.81. The molecular weight excluding hydrogens is 422 g/mol. The van der Waals surface area contributed by atoms with Gasteiger partial charge in [0.05, 0.1) is 19.3 Å². The minimum Gasteiger partial charge on any atom is -0.454 e. The summed E-state index contributed by atoms with van der Waals surface area (Å²) in [5.74, 6) is 1.15. The molecule has 0 saturated carbocycles. The van der Waals surface area contributed by atoms with Crippen molar-refractivity contribution >= 4 is 22.7 Å². The Balaban J connectivity index is 1.52. The zero-order chi connectivity index (χ0) is 22.5. The van der Waals surface area contributed by atoms with Crippen LogP contribution in [0.4, 0.5) is 0 Å². The van der Waals surface area contributed by atoms with Crippen LogP contribution in [0.1, 0.15) is 29.8 Å². The summed E-state index contributed by atoms with van der Waals surface area (Å²) in [5.41, 5.74) is 3.90. The summed E-state index contributed by atoms with van der Waals surface area (Å²) < 4.78 is 16.5. The monoisotopic (exact) mass is 447 g/mol. The summed E-state index contributed by atoms with van der Waals surface area (Å²) in [6.45, 7) is 3.82.